The van der Waals surface area contributed by atoms with Gasteiger partial charge < -0.3 is 10.6 Å². The molecule has 5 rings (SSSR count). The maximum Gasteiger partial charge on any atom is 0.225 e. The third-order valence-corrected chi connectivity index (χ3v) is 8.78. The summed E-state index contributed by atoms with van der Waals surface area (Å²) in [5.41, 5.74) is 1.31. The molecule has 6 nitrogen and oxygen atoms in total. The second-order valence-corrected chi connectivity index (χ2v) is 11.8. The van der Waals surface area contributed by atoms with Gasteiger partial charge in [0, 0.05) is 41.1 Å². The molecule has 0 aromatic carbocycles. The van der Waals surface area contributed by atoms with E-state index in [4.69, 9.17) is 4.98 Å². The van der Waals surface area contributed by atoms with Gasteiger partial charge in [-0.25, -0.2) is 9.97 Å². The lowest BCUT2D eigenvalue weighted by molar-refractivity contribution is -0.121. The molecule has 2 aromatic heterocycles. The van der Waals surface area contributed by atoms with E-state index in [1.165, 1.54) is 55.8 Å². The van der Waals surface area contributed by atoms with Crippen LogP contribution in [0.25, 0.3) is 0 Å². The normalized spacial score (nSPS) is 24.0. The molecule has 0 atom stereocenters. The molecular formula is C23H33N5OS2. The molecule has 2 aromatic rings. The minimum Gasteiger partial charge on any atom is -0.359 e. The monoisotopic (exact) mass is 459 g/mol. The van der Waals surface area contributed by atoms with Crippen molar-refractivity contribution in [3.8, 4) is 0 Å². The fraction of sp³-hybridized carbons (Fsp3) is 0.696. The zero-order valence-corrected chi connectivity index (χ0v) is 20.0. The van der Waals surface area contributed by atoms with Crippen LogP contribution in [0, 0.1) is 12.8 Å². The lowest BCUT2D eigenvalue weighted by Gasteiger charge is -2.32. The summed E-state index contributed by atoms with van der Waals surface area (Å²) in [6.45, 7) is 5.34. The van der Waals surface area contributed by atoms with Crippen molar-refractivity contribution in [3.63, 3.8) is 0 Å². The Balaban J connectivity index is 1.01. The standard InChI is InChI=1S/C23H33N5OS2/c1-15-24-13-19(30-15)12-22(29)25-17-4-2-16(3-5-17)8-10-28-11-9-21-20(14-28)27-23(31-21)26-18-6-7-18/h13,16-18H,2-12,14H2,1H3,(H,25,29)(H,26,27)/t16-,17-. The molecule has 2 aliphatic carbocycles. The van der Waals surface area contributed by atoms with E-state index in [2.05, 4.69) is 20.5 Å². The number of nitrogens with zero attached hydrogens (tertiary/aromatic N) is 3. The maximum atomic E-state index is 12.3. The molecule has 0 unspecified atom stereocenters. The van der Waals surface area contributed by atoms with Crippen LogP contribution in [0.3, 0.4) is 0 Å². The molecule has 2 N–H and O–H groups in total. The van der Waals surface area contributed by atoms with Gasteiger partial charge in [0.25, 0.3) is 0 Å². The third kappa shape index (κ3) is 5.84. The van der Waals surface area contributed by atoms with E-state index >= 15 is 0 Å². The Morgan fingerprint density at radius 3 is 2.71 bits per heavy atom. The van der Waals surface area contributed by atoms with E-state index in [1.54, 1.807) is 11.3 Å². The third-order valence-electron chi connectivity index (χ3n) is 6.78. The molecule has 0 saturated heterocycles. The molecule has 2 fully saturated rings. The number of aryl methyl sites for hydroxylation is 1. The van der Waals surface area contributed by atoms with Gasteiger partial charge in [-0.3, -0.25) is 9.69 Å². The number of amides is 1. The number of carbonyl (C=O) groups is 1. The van der Waals surface area contributed by atoms with Crippen LogP contribution in [-0.2, 0) is 24.2 Å². The molecule has 3 heterocycles. The number of rotatable bonds is 8. The van der Waals surface area contributed by atoms with Crippen molar-refractivity contribution in [3.05, 3.63) is 26.7 Å². The fourth-order valence-corrected chi connectivity index (χ4v) is 6.62. The minimum absolute atomic E-state index is 0.148. The zero-order chi connectivity index (χ0) is 21.2. The Labute approximate surface area is 192 Å². The quantitative estimate of drug-likeness (QED) is 0.621. The molecule has 168 valence electrons. The number of hydrogen-bond acceptors (Lipinski definition) is 7. The van der Waals surface area contributed by atoms with Crippen molar-refractivity contribution in [2.24, 2.45) is 5.92 Å². The molecule has 0 bridgehead atoms. The zero-order valence-electron chi connectivity index (χ0n) is 18.4. The average molecular weight is 460 g/mol. The Hall–Kier alpha value is -1.51. The highest BCUT2D eigenvalue weighted by Gasteiger charge is 2.27. The first-order chi connectivity index (χ1) is 15.1. The van der Waals surface area contributed by atoms with Crippen molar-refractivity contribution in [2.45, 2.75) is 83.3 Å². The van der Waals surface area contributed by atoms with Gasteiger partial charge in [-0.05, 0) is 70.8 Å². The summed E-state index contributed by atoms with van der Waals surface area (Å²) in [5, 5.41) is 8.98. The molecule has 1 amide bonds. The van der Waals surface area contributed by atoms with Crippen LogP contribution in [0.1, 0.15) is 65.4 Å². The van der Waals surface area contributed by atoms with E-state index in [9.17, 15) is 4.79 Å². The number of thiazole rings is 2. The molecule has 31 heavy (non-hydrogen) atoms. The Bertz CT molecular complexity index is 898. The van der Waals surface area contributed by atoms with Crippen LogP contribution in [0.5, 0.6) is 0 Å². The topological polar surface area (TPSA) is 70.2 Å². The van der Waals surface area contributed by atoms with Gasteiger partial charge >= 0.3 is 0 Å². The first-order valence-electron chi connectivity index (χ1n) is 11.8. The number of nitrogens with one attached hydrogen (secondary N) is 2. The summed E-state index contributed by atoms with van der Waals surface area (Å²) in [5.74, 6) is 0.941. The van der Waals surface area contributed by atoms with Crippen molar-refractivity contribution >= 4 is 33.7 Å². The Morgan fingerprint density at radius 1 is 1.16 bits per heavy atom. The van der Waals surface area contributed by atoms with Crippen LogP contribution >= 0.6 is 22.7 Å². The van der Waals surface area contributed by atoms with Crippen molar-refractivity contribution < 1.29 is 4.79 Å². The summed E-state index contributed by atoms with van der Waals surface area (Å²) in [6.07, 6.45) is 12.0. The SMILES string of the molecule is Cc1ncc(CC(=O)N[C@H]2CC[C@H](CCN3CCc4sc(NC5CC5)nc4C3)CC2)s1. The van der Waals surface area contributed by atoms with Gasteiger partial charge in [-0.1, -0.05) is 0 Å². The molecular weight excluding hydrogens is 426 g/mol. The lowest BCUT2D eigenvalue weighted by atomic mass is 9.84. The number of fused-ring (bicyclic) bond motifs is 1. The highest BCUT2D eigenvalue weighted by atomic mass is 32.1. The van der Waals surface area contributed by atoms with Crippen molar-refractivity contribution in [2.75, 3.05) is 18.4 Å². The predicted octanol–water partition coefficient (Wildman–Crippen LogP) is 4.15. The Morgan fingerprint density at radius 2 is 1.97 bits per heavy atom. The lowest BCUT2D eigenvalue weighted by Crippen LogP contribution is -2.39. The number of anilines is 1. The summed E-state index contributed by atoms with van der Waals surface area (Å²) in [6, 6.07) is 1.03. The van der Waals surface area contributed by atoms with Crippen molar-refractivity contribution in [1.29, 1.82) is 0 Å². The summed E-state index contributed by atoms with van der Waals surface area (Å²) in [4.78, 5) is 26.6. The van der Waals surface area contributed by atoms with Crippen LogP contribution < -0.4 is 10.6 Å². The van der Waals surface area contributed by atoms with Gasteiger partial charge in [0.15, 0.2) is 5.13 Å². The van der Waals surface area contributed by atoms with Gasteiger partial charge in [-0.15, -0.1) is 22.7 Å². The predicted molar refractivity (Wildman–Crippen MR) is 127 cm³/mol. The van der Waals surface area contributed by atoms with Gasteiger partial charge in [0.1, 0.15) is 0 Å². The van der Waals surface area contributed by atoms with Gasteiger partial charge in [0.05, 0.1) is 17.1 Å². The van der Waals surface area contributed by atoms with Crippen LogP contribution in [0.15, 0.2) is 6.20 Å². The summed E-state index contributed by atoms with van der Waals surface area (Å²) >= 11 is 3.49. The van der Waals surface area contributed by atoms with E-state index in [-0.39, 0.29) is 5.91 Å². The molecule has 3 aliphatic rings. The fourth-order valence-electron chi connectivity index (χ4n) is 4.79. The van der Waals surface area contributed by atoms with Gasteiger partial charge in [-0.2, -0.15) is 0 Å². The first kappa shape index (κ1) is 21.3. The molecule has 8 heteroatoms. The van der Waals surface area contributed by atoms with E-state index < -0.39 is 0 Å². The first-order valence-corrected chi connectivity index (χ1v) is 13.4. The maximum absolute atomic E-state index is 12.3. The molecule has 0 spiro atoms. The number of aromatic nitrogens is 2. The summed E-state index contributed by atoms with van der Waals surface area (Å²) in [7, 11) is 0. The van der Waals surface area contributed by atoms with E-state index in [0.717, 1.165) is 46.7 Å². The smallest absolute Gasteiger partial charge is 0.225 e. The van der Waals surface area contributed by atoms with Crippen LogP contribution in [0.4, 0.5) is 5.13 Å². The van der Waals surface area contributed by atoms with Crippen LogP contribution in [0.2, 0.25) is 0 Å². The van der Waals surface area contributed by atoms with E-state index in [0.29, 0.717) is 18.5 Å². The summed E-state index contributed by atoms with van der Waals surface area (Å²) < 4.78 is 0. The second-order valence-electron chi connectivity index (χ2n) is 9.43. The molecule has 2 saturated carbocycles. The van der Waals surface area contributed by atoms with Gasteiger partial charge in [0.2, 0.25) is 5.91 Å². The minimum atomic E-state index is 0.148. The number of hydrogen-bond donors (Lipinski definition) is 2. The average Bonchev–Trinajstić information content (AvgIpc) is 3.33. The highest BCUT2D eigenvalue weighted by molar-refractivity contribution is 7.15. The van der Waals surface area contributed by atoms with E-state index in [1.807, 2.05) is 24.5 Å². The van der Waals surface area contributed by atoms with Crippen molar-refractivity contribution in [1.82, 2.24) is 20.2 Å². The highest BCUT2D eigenvalue weighted by Crippen LogP contribution is 2.33. The Kier molecular flexibility index (Phi) is 6.57. The molecule has 0 radical (unpaired) electrons. The number of carbonyl (C=O) groups excluding carboxylic acids is 1. The largest absolute Gasteiger partial charge is 0.359 e. The van der Waals surface area contributed by atoms with Crippen LogP contribution in [-0.4, -0.2) is 45.9 Å². The molecule has 1 aliphatic heterocycles. The second kappa shape index (κ2) is 9.55.